The number of halogens is 4. The number of alkyl halides is 3. The molecule has 1 saturated carbocycles. The Labute approximate surface area is 185 Å². The average Bonchev–Trinajstić information content (AvgIpc) is 3.15. The van der Waals surface area contributed by atoms with Crippen LogP contribution in [0.25, 0.3) is 11.0 Å². The number of ether oxygens (including phenoxy) is 1. The molecule has 1 atom stereocenters. The van der Waals surface area contributed by atoms with Crippen molar-refractivity contribution in [2.45, 2.75) is 44.7 Å². The quantitative estimate of drug-likeness (QED) is 0.285. The Kier molecular flexibility index (Phi) is 7.85. The van der Waals surface area contributed by atoms with Crippen LogP contribution in [0.1, 0.15) is 44.3 Å². The number of hydrogen-bond donors (Lipinski definition) is 1. The summed E-state index contributed by atoms with van der Waals surface area (Å²) in [5.74, 6) is 4.22. The normalized spacial score (nSPS) is 21.5. The number of aromatic amines is 1. The molecule has 0 unspecified atom stereocenters. The second-order valence-corrected chi connectivity index (χ2v) is 8.48. The first kappa shape index (κ1) is 23.4. The molecule has 3 nitrogen and oxygen atoms in total. The summed E-state index contributed by atoms with van der Waals surface area (Å²) in [6.07, 6.45) is 7.60. The van der Waals surface area contributed by atoms with Gasteiger partial charge in [0.2, 0.25) is 0 Å². The standard InChI is InChI=1S/C24H26ClF3N2O/c1-3-4-5-19(24(26,27)28)12-13-31-15-17-6-8-18(9-7-17)16(2)23-29-21-11-10-20(25)14-22(21)30-23/h1,4-5,10-12,14,16-18H,6-9,13,15H2,2H3,(H,29,30)/b5-4-,19-12+/t16-,17?,18?/m1/s1. The molecule has 0 radical (unpaired) electrons. The summed E-state index contributed by atoms with van der Waals surface area (Å²) in [4.78, 5) is 8.10. The molecule has 2 aromatic rings. The fraction of sp³-hybridized carbons (Fsp3) is 0.458. The number of benzene rings is 1. The Hall–Kier alpha value is -2.23. The number of fused-ring (bicyclic) bond motifs is 1. The zero-order valence-electron chi connectivity index (χ0n) is 17.4. The van der Waals surface area contributed by atoms with Gasteiger partial charge in [0.05, 0.1) is 23.2 Å². The van der Waals surface area contributed by atoms with Gasteiger partial charge in [0.1, 0.15) is 5.82 Å². The highest BCUT2D eigenvalue weighted by Crippen LogP contribution is 2.38. The summed E-state index contributed by atoms with van der Waals surface area (Å²) < 4.78 is 44.3. The minimum atomic E-state index is -4.44. The summed E-state index contributed by atoms with van der Waals surface area (Å²) in [6.45, 7) is 2.57. The molecule has 3 rings (SSSR count). The van der Waals surface area contributed by atoms with Crippen molar-refractivity contribution >= 4 is 22.6 Å². The van der Waals surface area contributed by atoms with E-state index in [1.54, 1.807) is 0 Å². The second-order valence-electron chi connectivity index (χ2n) is 8.05. The van der Waals surface area contributed by atoms with Crippen LogP contribution >= 0.6 is 11.6 Å². The van der Waals surface area contributed by atoms with Gasteiger partial charge < -0.3 is 9.72 Å². The van der Waals surface area contributed by atoms with Gasteiger partial charge >= 0.3 is 6.18 Å². The van der Waals surface area contributed by atoms with Crippen molar-refractivity contribution in [3.8, 4) is 12.3 Å². The van der Waals surface area contributed by atoms with Crippen molar-refractivity contribution in [3.63, 3.8) is 0 Å². The maximum absolute atomic E-state index is 12.9. The minimum absolute atomic E-state index is 0.0817. The highest BCUT2D eigenvalue weighted by Gasteiger charge is 2.31. The van der Waals surface area contributed by atoms with Crippen molar-refractivity contribution in [3.05, 3.63) is 52.8 Å². The van der Waals surface area contributed by atoms with Crippen LogP contribution in [-0.4, -0.2) is 29.4 Å². The van der Waals surface area contributed by atoms with Crippen LogP contribution in [0.2, 0.25) is 5.02 Å². The van der Waals surface area contributed by atoms with Crippen LogP contribution in [0.15, 0.2) is 42.0 Å². The van der Waals surface area contributed by atoms with Crippen LogP contribution in [0.4, 0.5) is 13.2 Å². The van der Waals surface area contributed by atoms with Gasteiger partial charge in [-0.3, -0.25) is 0 Å². The monoisotopic (exact) mass is 450 g/mol. The second kappa shape index (κ2) is 10.4. The molecule has 31 heavy (non-hydrogen) atoms. The molecule has 0 aliphatic heterocycles. The van der Waals surface area contributed by atoms with E-state index >= 15 is 0 Å². The predicted molar refractivity (Wildman–Crippen MR) is 118 cm³/mol. The van der Waals surface area contributed by atoms with E-state index in [0.717, 1.165) is 60.8 Å². The van der Waals surface area contributed by atoms with Crippen LogP contribution < -0.4 is 0 Å². The lowest BCUT2D eigenvalue weighted by molar-refractivity contribution is -0.0888. The van der Waals surface area contributed by atoms with Gasteiger partial charge in [0.25, 0.3) is 0 Å². The molecule has 1 fully saturated rings. The molecule has 1 aromatic heterocycles. The topological polar surface area (TPSA) is 37.9 Å². The number of nitrogens with one attached hydrogen (secondary N) is 1. The van der Waals surface area contributed by atoms with Crippen LogP contribution in [-0.2, 0) is 4.74 Å². The van der Waals surface area contributed by atoms with Crippen LogP contribution in [0.5, 0.6) is 0 Å². The maximum Gasteiger partial charge on any atom is 0.416 e. The number of H-pyrrole nitrogens is 1. The van der Waals surface area contributed by atoms with Gasteiger partial charge in [-0.2, -0.15) is 13.2 Å². The Morgan fingerprint density at radius 2 is 2.10 bits per heavy atom. The largest absolute Gasteiger partial charge is 0.416 e. The highest BCUT2D eigenvalue weighted by atomic mass is 35.5. The van der Waals surface area contributed by atoms with E-state index < -0.39 is 11.7 Å². The van der Waals surface area contributed by atoms with Gasteiger partial charge in [0, 0.05) is 17.5 Å². The van der Waals surface area contributed by atoms with E-state index in [0.29, 0.717) is 29.4 Å². The molecule has 0 saturated heterocycles. The van der Waals surface area contributed by atoms with E-state index in [-0.39, 0.29) is 6.61 Å². The lowest BCUT2D eigenvalue weighted by atomic mass is 9.76. The zero-order valence-corrected chi connectivity index (χ0v) is 18.1. The molecule has 0 spiro atoms. The minimum Gasteiger partial charge on any atom is -0.377 e. The third-order valence-electron chi connectivity index (χ3n) is 5.95. The van der Waals surface area contributed by atoms with Gasteiger partial charge in [0.15, 0.2) is 0 Å². The first-order valence-corrected chi connectivity index (χ1v) is 10.8. The Morgan fingerprint density at radius 3 is 2.77 bits per heavy atom. The first-order valence-electron chi connectivity index (χ1n) is 10.4. The van der Waals surface area contributed by atoms with Crippen LogP contribution in [0, 0.1) is 24.2 Å². The van der Waals surface area contributed by atoms with Crippen molar-refractivity contribution in [2.75, 3.05) is 13.2 Å². The number of rotatable bonds is 7. The SMILES string of the molecule is C#C/C=C\C(=C/COCC1CCC([C@@H](C)c2nc3ccc(Cl)cc3[nH]2)CC1)C(F)(F)F. The maximum atomic E-state index is 12.9. The van der Waals surface area contributed by atoms with E-state index in [1.807, 2.05) is 18.2 Å². The summed E-state index contributed by atoms with van der Waals surface area (Å²) >= 11 is 6.06. The molecular weight excluding hydrogens is 425 g/mol. The third-order valence-corrected chi connectivity index (χ3v) is 6.19. The van der Waals surface area contributed by atoms with Gasteiger partial charge in [-0.15, -0.1) is 6.42 Å². The third kappa shape index (κ3) is 6.38. The van der Waals surface area contributed by atoms with Gasteiger partial charge in [-0.05, 0) is 73.9 Å². The molecule has 1 N–H and O–H groups in total. The number of hydrogen-bond acceptors (Lipinski definition) is 2. The van der Waals surface area contributed by atoms with Gasteiger partial charge in [-0.25, -0.2) is 4.98 Å². The number of imidazole rings is 1. The lowest BCUT2D eigenvalue weighted by Gasteiger charge is -2.31. The molecule has 1 heterocycles. The molecule has 1 aliphatic rings. The Balaban J connectivity index is 1.47. The molecule has 1 aliphatic carbocycles. The van der Waals surface area contributed by atoms with Crippen molar-refractivity contribution in [1.29, 1.82) is 0 Å². The molecule has 0 bridgehead atoms. The zero-order chi connectivity index (χ0) is 22.4. The Bertz CT molecular complexity index is 979. The lowest BCUT2D eigenvalue weighted by Crippen LogP contribution is -2.22. The molecule has 1 aromatic carbocycles. The predicted octanol–water partition coefficient (Wildman–Crippen LogP) is 6.82. The summed E-state index contributed by atoms with van der Waals surface area (Å²) in [5, 5.41) is 0.681. The van der Waals surface area contributed by atoms with Crippen molar-refractivity contribution in [2.24, 2.45) is 11.8 Å². The molecule has 166 valence electrons. The van der Waals surface area contributed by atoms with Crippen molar-refractivity contribution < 1.29 is 17.9 Å². The van der Waals surface area contributed by atoms with E-state index in [1.165, 1.54) is 0 Å². The molecule has 0 amide bonds. The highest BCUT2D eigenvalue weighted by molar-refractivity contribution is 6.31. The summed E-state index contributed by atoms with van der Waals surface area (Å²) in [5.41, 5.74) is 1.08. The smallest absolute Gasteiger partial charge is 0.377 e. The number of terminal acetylenes is 1. The van der Waals surface area contributed by atoms with E-state index in [9.17, 15) is 13.2 Å². The fourth-order valence-electron chi connectivity index (χ4n) is 4.09. The fourth-order valence-corrected chi connectivity index (χ4v) is 4.27. The number of nitrogens with zero attached hydrogens (tertiary/aromatic N) is 1. The summed E-state index contributed by atoms with van der Waals surface area (Å²) in [7, 11) is 0. The molecule has 7 heteroatoms. The summed E-state index contributed by atoms with van der Waals surface area (Å²) in [6, 6.07) is 5.64. The average molecular weight is 451 g/mol. The number of aromatic nitrogens is 2. The van der Waals surface area contributed by atoms with Gasteiger partial charge in [-0.1, -0.05) is 24.4 Å². The van der Waals surface area contributed by atoms with Crippen molar-refractivity contribution in [1.82, 2.24) is 9.97 Å². The van der Waals surface area contributed by atoms with E-state index in [2.05, 4.69) is 17.8 Å². The molecular formula is C24H26ClF3N2O. The van der Waals surface area contributed by atoms with Crippen LogP contribution in [0.3, 0.4) is 0 Å². The van der Waals surface area contributed by atoms with E-state index in [4.69, 9.17) is 27.7 Å². The Morgan fingerprint density at radius 1 is 1.35 bits per heavy atom. The first-order chi connectivity index (χ1) is 14.8. The number of allylic oxidation sites excluding steroid dienone is 3.